The highest BCUT2D eigenvalue weighted by Crippen LogP contribution is 2.26. The lowest BCUT2D eigenvalue weighted by atomic mass is 9.99. The molecule has 0 amide bonds. The summed E-state index contributed by atoms with van der Waals surface area (Å²) < 4.78 is 7.58. The van der Waals surface area contributed by atoms with Gasteiger partial charge in [-0.1, -0.05) is 13.0 Å². The molecule has 0 saturated heterocycles. The molecule has 6 nitrogen and oxygen atoms in total. The molecule has 3 heterocycles. The predicted molar refractivity (Wildman–Crippen MR) is 106 cm³/mol. The first kappa shape index (κ1) is 17.5. The van der Waals surface area contributed by atoms with Gasteiger partial charge in [0.1, 0.15) is 5.75 Å². The highest BCUT2D eigenvalue weighted by atomic mass is 16.5. The summed E-state index contributed by atoms with van der Waals surface area (Å²) in [4.78, 5) is 2.27. The van der Waals surface area contributed by atoms with E-state index in [-0.39, 0.29) is 0 Å². The van der Waals surface area contributed by atoms with Gasteiger partial charge < -0.3 is 9.64 Å². The first-order valence-electron chi connectivity index (χ1n) is 9.51. The Balaban J connectivity index is 1.49. The number of aryl methyl sites for hydroxylation is 2. The normalized spacial score (nSPS) is 13.5. The summed E-state index contributed by atoms with van der Waals surface area (Å²) in [6.07, 6.45) is 2.01. The molecule has 1 aliphatic heterocycles. The third-order valence-electron chi connectivity index (χ3n) is 4.85. The van der Waals surface area contributed by atoms with E-state index in [0.717, 1.165) is 61.3 Å². The van der Waals surface area contributed by atoms with Crippen LogP contribution in [0.5, 0.6) is 5.75 Å². The van der Waals surface area contributed by atoms with Crippen LogP contribution in [-0.2, 0) is 13.0 Å². The lowest BCUT2D eigenvalue weighted by molar-refractivity contribution is 0.317. The Labute approximate surface area is 159 Å². The number of anilines is 1. The number of fused-ring (bicyclic) bond motifs is 1. The average Bonchev–Trinajstić information content (AvgIpc) is 3.04. The fourth-order valence-corrected chi connectivity index (χ4v) is 3.50. The number of hydrogen-bond acceptors (Lipinski definition) is 5. The lowest BCUT2D eigenvalue weighted by Crippen LogP contribution is -2.31. The zero-order chi connectivity index (χ0) is 18.8. The minimum absolute atomic E-state index is 0.750. The number of benzene rings is 1. The van der Waals surface area contributed by atoms with Crippen molar-refractivity contribution in [2.75, 3.05) is 18.1 Å². The SMILES string of the molecule is CCCOc1ccc2c(c1)CCN(c1ccc(-n3nc(C)cc3C)nn1)C2. The summed E-state index contributed by atoms with van der Waals surface area (Å²) >= 11 is 0. The second-order valence-corrected chi connectivity index (χ2v) is 7.04. The van der Waals surface area contributed by atoms with Gasteiger partial charge in [-0.2, -0.15) is 5.10 Å². The molecule has 27 heavy (non-hydrogen) atoms. The first-order valence-corrected chi connectivity index (χ1v) is 9.51. The summed E-state index contributed by atoms with van der Waals surface area (Å²) in [5.41, 5.74) is 4.73. The summed E-state index contributed by atoms with van der Waals surface area (Å²) in [6, 6.07) is 12.5. The predicted octanol–water partition coefficient (Wildman–Crippen LogP) is 3.63. The zero-order valence-corrected chi connectivity index (χ0v) is 16.1. The summed E-state index contributed by atoms with van der Waals surface area (Å²) in [5, 5.41) is 13.3. The molecule has 3 aromatic rings. The third-order valence-corrected chi connectivity index (χ3v) is 4.85. The van der Waals surface area contributed by atoms with Crippen molar-refractivity contribution in [3.05, 3.63) is 58.9 Å². The third kappa shape index (κ3) is 3.65. The van der Waals surface area contributed by atoms with E-state index in [1.165, 1.54) is 11.1 Å². The van der Waals surface area contributed by atoms with Crippen LogP contribution in [-0.4, -0.2) is 33.1 Å². The Morgan fingerprint density at radius 2 is 1.81 bits per heavy atom. The van der Waals surface area contributed by atoms with Crippen LogP contribution in [0.3, 0.4) is 0 Å². The average molecular weight is 363 g/mol. The van der Waals surface area contributed by atoms with Crippen molar-refractivity contribution < 1.29 is 4.74 Å². The van der Waals surface area contributed by atoms with Crippen molar-refractivity contribution in [3.8, 4) is 11.6 Å². The molecule has 0 N–H and O–H groups in total. The monoisotopic (exact) mass is 363 g/mol. The van der Waals surface area contributed by atoms with Crippen LogP contribution in [0.4, 0.5) is 5.82 Å². The summed E-state index contributed by atoms with van der Waals surface area (Å²) in [5.74, 6) is 2.62. The molecule has 0 aliphatic carbocycles. The number of hydrogen-bond donors (Lipinski definition) is 0. The molecule has 0 spiro atoms. The van der Waals surface area contributed by atoms with E-state index < -0.39 is 0 Å². The number of nitrogens with zero attached hydrogens (tertiary/aromatic N) is 5. The second kappa shape index (κ2) is 7.39. The quantitative estimate of drug-likeness (QED) is 0.693. The van der Waals surface area contributed by atoms with E-state index in [1.807, 2.05) is 36.7 Å². The standard InChI is InChI=1S/C21H25N5O/c1-4-11-27-19-6-5-18-14-25(10-9-17(18)13-19)20-7-8-21(23-22-20)26-16(3)12-15(2)24-26/h5-8,12-13H,4,9-11,14H2,1-3H3. The van der Waals surface area contributed by atoms with E-state index in [1.54, 1.807) is 0 Å². The highest BCUT2D eigenvalue weighted by Gasteiger charge is 2.19. The smallest absolute Gasteiger partial charge is 0.176 e. The van der Waals surface area contributed by atoms with Gasteiger partial charge in [-0.3, -0.25) is 0 Å². The molecular formula is C21H25N5O. The minimum atomic E-state index is 0.750. The van der Waals surface area contributed by atoms with Crippen molar-refractivity contribution >= 4 is 5.82 Å². The van der Waals surface area contributed by atoms with E-state index in [9.17, 15) is 0 Å². The van der Waals surface area contributed by atoms with Gasteiger partial charge in [0.15, 0.2) is 11.6 Å². The van der Waals surface area contributed by atoms with Gasteiger partial charge >= 0.3 is 0 Å². The first-order chi connectivity index (χ1) is 13.1. The summed E-state index contributed by atoms with van der Waals surface area (Å²) in [7, 11) is 0. The van der Waals surface area contributed by atoms with Gasteiger partial charge in [-0.15, -0.1) is 10.2 Å². The molecule has 0 unspecified atom stereocenters. The number of aromatic nitrogens is 4. The molecule has 0 fully saturated rings. The number of ether oxygens (including phenoxy) is 1. The van der Waals surface area contributed by atoms with Crippen LogP contribution < -0.4 is 9.64 Å². The van der Waals surface area contributed by atoms with E-state index in [2.05, 4.69) is 45.3 Å². The lowest BCUT2D eigenvalue weighted by Gasteiger charge is -2.29. The Morgan fingerprint density at radius 3 is 2.52 bits per heavy atom. The Morgan fingerprint density at radius 1 is 1.00 bits per heavy atom. The van der Waals surface area contributed by atoms with E-state index in [0.29, 0.717) is 0 Å². The maximum Gasteiger partial charge on any atom is 0.176 e. The number of rotatable bonds is 5. The minimum Gasteiger partial charge on any atom is -0.494 e. The largest absolute Gasteiger partial charge is 0.494 e. The summed E-state index contributed by atoms with van der Waals surface area (Å²) in [6.45, 7) is 8.67. The Hall–Kier alpha value is -2.89. The maximum absolute atomic E-state index is 5.76. The van der Waals surface area contributed by atoms with Crippen molar-refractivity contribution in [1.29, 1.82) is 0 Å². The van der Waals surface area contributed by atoms with Crippen LogP contribution in [0.1, 0.15) is 35.9 Å². The van der Waals surface area contributed by atoms with Gasteiger partial charge in [-0.25, -0.2) is 4.68 Å². The van der Waals surface area contributed by atoms with Crippen LogP contribution in [0.25, 0.3) is 5.82 Å². The van der Waals surface area contributed by atoms with Crippen molar-refractivity contribution in [2.45, 2.75) is 40.2 Å². The van der Waals surface area contributed by atoms with Crippen molar-refractivity contribution in [1.82, 2.24) is 20.0 Å². The molecule has 0 bridgehead atoms. The Kier molecular flexibility index (Phi) is 4.79. The van der Waals surface area contributed by atoms with Crippen LogP contribution >= 0.6 is 0 Å². The van der Waals surface area contributed by atoms with E-state index >= 15 is 0 Å². The van der Waals surface area contributed by atoms with Crippen LogP contribution in [0.15, 0.2) is 36.4 Å². The molecule has 0 atom stereocenters. The van der Waals surface area contributed by atoms with Gasteiger partial charge in [0, 0.05) is 18.8 Å². The topological polar surface area (TPSA) is 56.1 Å². The van der Waals surface area contributed by atoms with Crippen LogP contribution in [0.2, 0.25) is 0 Å². The van der Waals surface area contributed by atoms with Gasteiger partial charge in [0.05, 0.1) is 12.3 Å². The molecular weight excluding hydrogens is 338 g/mol. The molecule has 6 heteroatoms. The Bertz CT molecular complexity index is 932. The fraction of sp³-hybridized carbons (Fsp3) is 0.381. The molecule has 0 radical (unpaired) electrons. The van der Waals surface area contributed by atoms with Gasteiger partial charge in [0.25, 0.3) is 0 Å². The van der Waals surface area contributed by atoms with Crippen molar-refractivity contribution in [2.24, 2.45) is 0 Å². The van der Waals surface area contributed by atoms with Gasteiger partial charge in [0.2, 0.25) is 0 Å². The zero-order valence-electron chi connectivity index (χ0n) is 16.1. The molecule has 140 valence electrons. The van der Waals surface area contributed by atoms with E-state index in [4.69, 9.17) is 4.74 Å². The molecule has 2 aromatic heterocycles. The van der Waals surface area contributed by atoms with Crippen molar-refractivity contribution in [3.63, 3.8) is 0 Å². The maximum atomic E-state index is 5.76. The molecule has 4 rings (SSSR count). The molecule has 1 aliphatic rings. The van der Waals surface area contributed by atoms with Gasteiger partial charge in [-0.05, 0) is 68.1 Å². The van der Waals surface area contributed by atoms with Crippen LogP contribution in [0, 0.1) is 13.8 Å². The fourth-order valence-electron chi connectivity index (χ4n) is 3.50. The second-order valence-electron chi connectivity index (χ2n) is 7.04. The molecule has 0 saturated carbocycles. The molecule has 1 aromatic carbocycles. The highest BCUT2D eigenvalue weighted by molar-refractivity contribution is 5.46.